The van der Waals surface area contributed by atoms with Crippen LogP contribution in [-0.4, -0.2) is 41.0 Å². The van der Waals surface area contributed by atoms with Crippen LogP contribution in [0, 0.1) is 0 Å². The summed E-state index contributed by atoms with van der Waals surface area (Å²) in [4.78, 5) is 10.2. The highest BCUT2D eigenvalue weighted by Crippen LogP contribution is 2.41. The van der Waals surface area contributed by atoms with Gasteiger partial charge in [0.2, 0.25) is 0 Å². The first-order valence-electron chi connectivity index (χ1n) is 7.84. The van der Waals surface area contributed by atoms with Crippen LogP contribution in [0.3, 0.4) is 0 Å². The van der Waals surface area contributed by atoms with Gasteiger partial charge in [0.1, 0.15) is 6.10 Å². The second kappa shape index (κ2) is 7.01. The van der Waals surface area contributed by atoms with Crippen molar-refractivity contribution in [3.63, 3.8) is 0 Å². The van der Waals surface area contributed by atoms with E-state index in [9.17, 15) is 0 Å². The molecule has 6 heteroatoms. The van der Waals surface area contributed by atoms with E-state index in [1.54, 1.807) is 6.20 Å². The zero-order chi connectivity index (χ0) is 16.3. The molecule has 1 aromatic carbocycles. The Hall–Kier alpha value is -1.40. The fourth-order valence-electron chi connectivity index (χ4n) is 3.20. The van der Waals surface area contributed by atoms with E-state index in [1.807, 2.05) is 43.7 Å². The van der Waals surface area contributed by atoms with E-state index in [4.69, 9.17) is 21.2 Å². The fraction of sp³-hybridized carbons (Fsp3) is 0.471. The molecule has 0 saturated carbocycles. The van der Waals surface area contributed by atoms with Gasteiger partial charge in [0.05, 0.1) is 18.5 Å². The molecule has 0 spiro atoms. The molecule has 1 saturated heterocycles. The van der Waals surface area contributed by atoms with Crippen molar-refractivity contribution in [3.05, 3.63) is 53.6 Å². The van der Waals surface area contributed by atoms with Crippen LogP contribution >= 0.6 is 11.6 Å². The number of rotatable bonds is 6. The number of nitrogens with zero attached hydrogens (tertiary/aromatic N) is 3. The molecule has 2 heterocycles. The molecule has 5 nitrogen and oxygen atoms in total. The predicted molar refractivity (Wildman–Crippen MR) is 89.1 cm³/mol. The number of hydroxylamine groups is 2. The highest BCUT2D eigenvalue weighted by atomic mass is 35.5. The molecule has 2 unspecified atom stereocenters. The van der Waals surface area contributed by atoms with E-state index < -0.39 is 0 Å². The number of likely N-dealkylation sites (N-methyl/N-ethyl adjacent to an activating group) is 1. The summed E-state index contributed by atoms with van der Waals surface area (Å²) < 4.78 is 7.64. The Morgan fingerprint density at radius 1 is 1.39 bits per heavy atom. The first-order chi connectivity index (χ1) is 11.1. The van der Waals surface area contributed by atoms with Crippen LogP contribution in [0.1, 0.15) is 18.9 Å². The average molecular weight is 336 g/mol. The lowest BCUT2D eigenvalue weighted by molar-refractivity contribution is -0.184. The lowest BCUT2D eigenvalue weighted by Crippen LogP contribution is -2.41. The number of hydrogen-bond acceptors (Lipinski definition) is 4. The van der Waals surface area contributed by atoms with Gasteiger partial charge in [-0.2, -0.15) is 5.06 Å². The summed E-state index contributed by atoms with van der Waals surface area (Å²) in [6.45, 7) is 4.05. The smallest absolute Gasteiger partial charge is 0.105 e. The van der Waals surface area contributed by atoms with E-state index in [0.717, 1.165) is 18.0 Å². The fourth-order valence-corrected chi connectivity index (χ4v) is 3.33. The van der Waals surface area contributed by atoms with Crippen molar-refractivity contribution in [2.75, 3.05) is 20.3 Å². The molecule has 0 aliphatic carbocycles. The molecule has 0 N–H and O–H groups in total. The Bertz CT molecular complexity index is 617. The van der Waals surface area contributed by atoms with Crippen LogP contribution in [0.15, 0.2) is 43.0 Å². The second-order valence-corrected chi connectivity index (χ2v) is 6.30. The minimum atomic E-state index is -0.271. The molecule has 1 aromatic heterocycles. The molecule has 124 valence electrons. The molecule has 0 radical (unpaired) electrons. The van der Waals surface area contributed by atoms with E-state index in [1.165, 1.54) is 5.56 Å². The van der Waals surface area contributed by atoms with Crippen molar-refractivity contribution in [2.45, 2.75) is 31.5 Å². The van der Waals surface area contributed by atoms with Crippen molar-refractivity contribution in [2.24, 2.45) is 0 Å². The number of benzene rings is 1. The summed E-state index contributed by atoms with van der Waals surface area (Å²) in [7, 11) is 1.98. The van der Waals surface area contributed by atoms with Crippen molar-refractivity contribution >= 4 is 11.6 Å². The standard InChI is InChI=1S/C17H22ClN3O2/c1-3-22-11-16-10-17(20(2)23-16,12-21-9-8-19-13-21)14-4-6-15(18)7-5-14/h4-9,13,16H,3,10-12H2,1-2H3. The maximum atomic E-state index is 6.06. The van der Waals surface area contributed by atoms with E-state index in [2.05, 4.69) is 21.7 Å². The first kappa shape index (κ1) is 16.5. The Kier molecular flexibility index (Phi) is 5.02. The van der Waals surface area contributed by atoms with Gasteiger partial charge >= 0.3 is 0 Å². The Morgan fingerprint density at radius 3 is 2.83 bits per heavy atom. The summed E-state index contributed by atoms with van der Waals surface area (Å²) >= 11 is 6.06. The number of aromatic nitrogens is 2. The molecular weight excluding hydrogens is 314 g/mol. The minimum absolute atomic E-state index is 0.0409. The molecule has 23 heavy (non-hydrogen) atoms. The lowest BCUT2D eigenvalue weighted by Gasteiger charge is -2.35. The predicted octanol–water partition coefficient (Wildman–Crippen LogP) is 3.10. The summed E-state index contributed by atoms with van der Waals surface area (Å²) in [5, 5.41) is 2.69. The zero-order valence-corrected chi connectivity index (χ0v) is 14.2. The SMILES string of the molecule is CCOCC1CC(Cn2ccnc2)(c2ccc(Cl)cc2)N(C)O1. The van der Waals surface area contributed by atoms with Crippen molar-refractivity contribution in [1.29, 1.82) is 0 Å². The summed E-state index contributed by atoms with van der Waals surface area (Å²) in [5.41, 5.74) is 0.907. The molecule has 0 bridgehead atoms. The summed E-state index contributed by atoms with van der Waals surface area (Å²) in [6, 6.07) is 8.00. The van der Waals surface area contributed by atoms with Crippen molar-refractivity contribution in [3.8, 4) is 0 Å². The highest BCUT2D eigenvalue weighted by molar-refractivity contribution is 6.30. The zero-order valence-electron chi connectivity index (χ0n) is 13.5. The highest BCUT2D eigenvalue weighted by Gasteiger charge is 2.46. The van der Waals surface area contributed by atoms with Gasteiger partial charge in [-0.25, -0.2) is 4.98 Å². The van der Waals surface area contributed by atoms with E-state index in [-0.39, 0.29) is 11.6 Å². The van der Waals surface area contributed by atoms with Crippen LogP contribution in [0.2, 0.25) is 5.02 Å². The third-order valence-electron chi connectivity index (χ3n) is 4.37. The lowest BCUT2D eigenvalue weighted by atomic mass is 9.85. The van der Waals surface area contributed by atoms with Crippen molar-refractivity contribution < 1.29 is 9.57 Å². The Labute approximate surface area is 141 Å². The quantitative estimate of drug-likeness (QED) is 0.813. The second-order valence-electron chi connectivity index (χ2n) is 5.86. The van der Waals surface area contributed by atoms with Gasteiger partial charge in [-0.05, 0) is 24.6 Å². The van der Waals surface area contributed by atoms with Crippen LogP contribution in [0.4, 0.5) is 0 Å². The van der Waals surface area contributed by atoms with Crippen molar-refractivity contribution in [1.82, 2.24) is 14.6 Å². The monoisotopic (exact) mass is 335 g/mol. The largest absolute Gasteiger partial charge is 0.379 e. The molecule has 1 fully saturated rings. The normalized spacial score (nSPS) is 25.1. The summed E-state index contributed by atoms with van der Waals surface area (Å²) in [5.74, 6) is 0. The third-order valence-corrected chi connectivity index (χ3v) is 4.62. The maximum Gasteiger partial charge on any atom is 0.105 e. The third kappa shape index (κ3) is 3.43. The van der Waals surface area contributed by atoms with Gasteiger partial charge in [-0.15, -0.1) is 0 Å². The van der Waals surface area contributed by atoms with Crippen LogP contribution in [0.5, 0.6) is 0 Å². The molecule has 2 atom stereocenters. The molecule has 3 rings (SSSR count). The van der Waals surface area contributed by atoms with E-state index in [0.29, 0.717) is 13.2 Å². The average Bonchev–Trinajstić information content (AvgIpc) is 3.15. The van der Waals surface area contributed by atoms with Gasteiger partial charge in [-0.3, -0.25) is 4.84 Å². The Balaban J connectivity index is 1.91. The Morgan fingerprint density at radius 2 is 2.17 bits per heavy atom. The molecule has 0 amide bonds. The molecule has 1 aliphatic rings. The molecule has 1 aliphatic heterocycles. The first-order valence-corrected chi connectivity index (χ1v) is 8.22. The number of hydrogen-bond donors (Lipinski definition) is 0. The van der Waals surface area contributed by atoms with Crippen LogP contribution in [-0.2, 0) is 21.7 Å². The van der Waals surface area contributed by atoms with Gasteiger partial charge in [0.25, 0.3) is 0 Å². The number of ether oxygens (including phenoxy) is 1. The topological polar surface area (TPSA) is 39.5 Å². The molecular formula is C17H22ClN3O2. The van der Waals surface area contributed by atoms with Gasteiger partial charge in [0.15, 0.2) is 0 Å². The summed E-state index contributed by atoms with van der Waals surface area (Å²) in [6.07, 6.45) is 6.49. The van der Waals surface area contributed by atoms with Gasteiger partial charge < -0.3 is 9.30 Å². The minimum Gasteiger partial charge on any atom is -0.379 e. The molecule has 2 aromatic rings. The van der Waals surface area contributed by atoms with E-state index >= 15 is 0 Å². The maximum absolute atomic E-state index is 6.06. The van der Waals surface area contributed by atoms with Crippen LogP contribution < -0.4 is 0 Å². The number of halogens is 1. The van der Waals surface area contributed by atoms with Gasteiger partial charge in [-0.1, -0.05) is 23.7 Å². The number of imidazole rings is 1. The van der Waals surface area contributed by atoms with Crippen LogP contribution in [0.25, 0.3) is 0 Å². The van der Waals surface area contributed by atoms with Gasteiger partial charge in [0, 0.05) is 44.0 Å².